The van der Waals surface area contributed by atoms with Crippen LogP contribution in [0.3, 0.4) is 0 Å². The number of rotatable bonds is 2. The minimum Gasteiger partial charge on any atom is -0.423 e. The molecule has 2 aromatic rings. The van der Waals surface area contributed by atoms with E-state index in [-0.39, 0.29) is 5.75 Å². The average Bonchev–Trinajstić information content (AvgIpc) is 2.37. The molecule has 104 valence electrons. The third-order valence-electron chi connectivity index (χ3n) is 2.46. The van der Waals surface area contributed by atoms with Gasteiger partial charge in [0.25, 0.3) is 0 Å². The third kappa shape index (κ3) is 3.14. The minimum atomic E-state index is -4.67. The zero-order valence-corrected chi connectivity index (χ0v) is 9.95. The van der Waals surface area contributed by atoms with Gasteiger partial charge in [-0.2, -0.15) is 13.2 Å². The van der Waals surface area contributed by atoms with Crippen LogP contribution in [0.4, 0.5) is 17.6 Å². The second-order valence-electron chi connectivity index (χ2n) is 3.89. The van der Waals surface area contributed by atoms with Gasteiger partial charge in [0.15, 0.2) is 0 Å². The van der Waals surface area contributed by atoms with Crippen LogP contribution in [0.1, 0.15) is 15.9 Å². The van der Waals surface area contributed by atoms with Crippen LogP contribution in [0.2, 0.25) is 0 Å². The Labute approximate surface area is 111 Å². The molecule has 20 heavy (non-hydrogen) atoms. The Morgan fingerprint density at radius 3 is 2.35 bits per heavy atom. The van der Waals surface area contributed by atoms with Crippen LogP contribution in [-0.4, -0.2) is 5.97 Å². The largest absolute Gasteiger partial charge is 0.423 e. The first-order valence-electron chi connectivity index (χ1n) is 5.52. The van der Waals surface area contributed by atoms with Gasteiger partial charge >= 0.3 is 12.1 Å². The van der Waals surface area contributed by atoms with Crippen molar-refractivity contribution in [2.45, 2.75) is 6.18 Å². The predicted molar refractivity (Wildman–Crippen MR) is 62.8 cm³/mol. The van der Waals surface area contributed by atoms with Gasteiger partial charge in [0, 0.05) is 6.07 Å². The summed E-state index contributed by atoms with van der Waals surface area (Å²) in [4.78, 5) is 11.7. The molecule has 0 saturated heterocycles. The summed E-state index contributed by atoms with van der Waals surface area (Å²) >= 11 is 0. The molecule has 2 aromatic carbocycles. The zero-order chi connectivity index (χ0) is 14.8. The van der Waals surface area contributed by atoms with E-state index in [0.717, 1.165) is 24.3 Å². The molecule has 0 aliphatic carbocycles. The number of benzene rings is 2. The lowest BCUT2D eigenvalue weighted by atomic mass is 10.1. The van der Waals surface area contributed by atoms with E-state index in [0.29, 0.717) is 0 Å². The maximum absolute atomic E-state index is 12.9. The van der Waals surface area contributed by atoms with Crippen LogP contribution in [0.5, 0.6) is 5.75 Å². The fourth-order valence-corrected chi connectivity index (χ4v) is 1.60. The summed E-state index contributed by atoms with van der Waals surface area (Å²) in [5.74, 6) is -2.00. The van der Waals surface area contributed by atoms with E-state index in [1.54, 1.807) is 0 Å². The summed E-state index contributed by atoms with van der Waals surface area (Å²) in [6.45, 7) is 0. The molecule has 0 unspecified atom stereocenters. The highest BCUT2D eigenvalue weighted by molar-refractivity contribution is 5.92. The number of alkyl halides is 3. The van der Waals surface area contributed by atoms with Gasteiger partial charge in [0.05, 0.1) is 11.1 Å². The fourth-order valence-electron chi connectivity index (χ4n) is 1.60. The molecule has 0 bridgehead atoms. The molecular formula is C14H8F4O2. The van der Waals surface area contributed by atoms with Crippen LogP contribution >= 0.6 is 0 Å². The van der Waals surface area contributed by atoms with Gasteiger partial charge in [0.1, 0.15) is 11.6 Å². The van der Waals surface area contributed by atoms with Crippen LogP contribution < -0.4 is 4.74 Å². The topological polar surface area (TPSA) is 26.3 Å². The number of halogens is 4. The predicted octanol–water partition coefficient (Wildman–Crippen LogP) is 4.06. The van der Waals surface area contributed by atoms with Crippen molar-refractivity contribution < 1.29 is 27.1 Å². The standard InChI is InChI=1S/C14H8F4O2/c15-9-4-3-5-10(8-9)20-13(19)11-6-1-2-7-12(11)14(16,17)18/h1-8H. The second-order valence-corrected chi connectivity index (χ2v) is 3.89. The third-order valence-corrected chi connectivity index (χ3v) is 2.46. The molecule has 0 aromatic heterocycles. The summed E-state index contributed by atoms with van der Waals surface area (Å²) < 4.78 is 55.9. The number of hydrogen-bond donors (Lipinski definition) is 0. The molecular weight excluding hydrogens is 276 g/mol. The summed E-state index contributed by atoms with van der Waals surface area (Å²) in [7, 11) is 0. The van der Waals surface area contributed by atoms with Crippen LogP contribution in [0.15, 0.2) is 48.5 Å². The second kappa shape index (κ2) is 5.32. The molecule has 0 aliphatic heterocycles. The van der Waals surface area contributed by atoms with Crippen molar-refractivity contribution >= 4 is 5.97 Å². The van der Waals surface area contributed by atoms with Crippen LogP contribution in [-0.2, 0) is 6.18 Å². The van der Waals surface area contributed by atoms with Crippen LogP contribution in [0, 0.1) is 5.82 Å². The Hall–Kier alpha value is -2.37. The quantitative estimate of drug-likeness (QED) is 0.472. The zero-order valence-electron chi connectivity index (χ0n) is 9.95. The van der Waals surface area contributed by atoms with E-state index in [1.165, 1.54) is 24.3 Å². The summed E-state index contributed by atoms with van der Waals surface area (Å²) in [5, 5.41) is 0. The lowest BCUT2D eigenvalue weighted by molar-refractivity contribution is -0.138. The highest BCUT2D eigenvalue weighted by Crippen LogP contribution is 2.32. The van der Waals surface area contributed by atoms with E-state index < -0.39 is 29.1 Å². The molecule has 6 heteroatoms. The maximum Gasteiger partial charge on any atom is 0.417 e. The normalized spacial score (nSPS) is 11.2. The molecule has 0 aliphatic rings. The van der Waals surface area contributed by atoms with Gasteiger partial charge in [0.2, 0.25) is 0 Å². The lowest BCUT2D eigenvalue weighted by Gasteiger charge is -2.11. The van der Waals surface area contributed by atoms with E-state index in [4.69, 9.17) is 4.74 Å². The molecule has 0 radical (unpaired) electrons. The Morgan fingerprint density at radius 2 is 1.70 bits per heavy atom. The lowest BCUT2D eigenvalue weighted by Crippen LogP contribution is -2.16. The molecule has 0 atom stereocenters. The van der Waals surface area contributed by atoms with Gasteiger partial charge in [-0.25, -0.2) is 9.18 Å². The van der Waals surface area contributed by atoms with E-state index in [2.05, 4.69) is 0 Å². The van der Waals surface area contributed by atoms with Crippen molar-refractivity contribution in [1.82, 2.24) is 0 Å². The monoisotopic (exact) mass is 284 g/mol. The van der Waals surface area contributed by atoms with Crippen molar-refractivity contribution in [1.29, 1.82) is 0 Å². The first-order chi connectivity index (χ1) is 9.38. The Kier molecular flexibility index (Phi) is 3.74. The van der Waals surface area contributed by atoms with Crippen molar-refractivity contribution in [3.05, 3.63) is 65.5 Å². The summed E-state index contributed by atoms with van der Waals surface area (Å²) in [6.07, 6.45) is -4.67. The van der Waals surface area contributed by atoms with Gasteiger partial charge in [-0.3, -0.25) is 0 Å². The van der Waals surface area contributed by atoms with Crippen LogP contribution in [0.25, 0.3) is 0 Å². The van der Waals surface area contributed by atoms with Crippen molar-refractivity contribution in [3.63, 3.8) is 0 Å². The number of ether oxygens (including phenoxy) is 1. The number of esters is 1. The minimum absolute atomic E-state index is 0.160. The number of carbonyl (C=O) groups is 1. The highest BCUT2D eigenvalue weighted by Gasteiger charge is 2.35. The fraction of sp³-hybridized carbons (Fsp3) is 0.0714. The Balaban J connectivity index is 2.31. The molecule has 0 heterocycles. The molecule has 0 saturated carbocycles. The van der Waals surface area contributed by atoms with Crippen molar-refractivity contribution in [2.24, 2.45) is 0 Å². The van der Waals surface area contributed by atoms with Gasteiger partial charge in [-0.05, 0) is 24.3 Å². The molecule has 0 fully saturated rings. The maximum atomic E-state index is 12.9. The first kappa shape index (κ1) is 14.0. The molecule has 0 N–H and O–H groups in total. The Morgan fingerprint density at radius 1 is 1.00 bits per heavy atom. The molecule has 0 amide bonds. The van der Waals surface area contributed by atoms with E-state index in [1.807, 2.05) is 0 Å². The van der Waals surface area contributed by atoms with Crippen molar-refractivity contribution in [2.75, 3.05) is 0 Å². The summed E-state index contributed by atoms with van der Waals surface area (Å²) in [5.41, 5.74) is -1.72. The molecule has 2 rings (SSSR count). The SMILES string of the molecule is O=C(Oc1cccc(F)c1)c1ccccc1C(F)(F)F. The van der Waals surface area contributed by atoms with Gasteiger partial charge in [-0.15, -0.1) is 0 Å². The average molecular weight is 284 g/mol. The number of hydrogen-bond acceptors (Lipinski definition) is 2. The van der Waals surface area contributed by atoms with Gasteiger partial charge < -0.3 is 4.74 Å². The summed E-state index contributed by atoms with van der Waals surface area (Å²) in [6, 6.07) is 8.84. The number of carbonyl (C=O) groups excluding carboxylic acids is 1. The molecule has 2 nitrogen and oxygen atoms in total. The smallest absolute Gasteiger partial charge is 0.417 e. The highest BCUT2D eigenvalue weighted by atomic mass is 19.4. The van der Waals surface area contributed by atoms with Crippen molar-refractivity contribution in [3.8, 4) is 5.75 Å². The Bertz CT molecular complexity index is 635. The first-order valence-corrected chi connectivity index (χ1v) is 5.52. The van der Waals surface area contributed by atoms with Gasteiger partial charge in [-0.1, -0.05) is 18.2 Å². The van der Waals surface area contributed by atoms with E-state index in [9.17, 15) is 22.4 Å². The van der Waals surface area contributed by atoms with E-state index >= 15 is 0 Å². The molecule has 0 spiro atoms.